The van der Waals surface area contributed by atoms with E-state index in [0.717, 1.165) is 0 Å². The Labute approximate surface area is 123 Å². The lowest BCUT2D eigenvalue weighted by Crippen LogP contribution is -2.06. The van der Waals surface area contributed by atoms with Crippen LogP contribution in [0.15, 0.2) is 23.8 Å². The highest BCUT2D eigenvalue weighted by Gasteiger charge is 2.14. The summed E-state index contributed by atoms with van der Waals surface area (Å²) in [7, 11) is 1.49. The second-order valence-corrected chi connectivity index (χ2v) is 3.76. The van der Waals surface area contributed by atoms with Gasteiger partial charge >= 0.3 is 5.97 Å². The van der Waals surface area contributed by atoms with Crippen LogP contribution in [0.25, 0.3) is 6.08 Å². The second kappa shape index (κ2) is 8.29. The molecule has 0 fully saturated rings. The molecule has 0 saturated carbocycles. The van der Waals surface area contributed by atoms with E-state index in [-0.39, 0.29) is 18.8 Å². The number of benzene rings is 1. The molecule has 0 radical (unpaired) electrons. The number of methoxy groups -OCH3 is 1. The molecule has 0 unspecified atom stereocenters. The van der Waals surface area contributed by atoms with Crippen LogP contribution >= 0.6 is 0 Å². The van der Waals surface area contributed by atoms with Crippen molar-refractivity contribution >= 4 is 12.0 Å². The number of terminal acetylenes is 1. The van der Waals surface area contributed by atoms with Crippen molar-refractivity contribution in [2.45, 2.75) is 6.92 Å². The molecule has 0 atom stereocenters. The van der Waals surface area contributed by atoms with E-state index in [1.165, 1.54) is 13.2 Å². The van der Waals surface area contributed by atoms with Crippen molar-refractivity contribution in [2.24, 2.45) is 0 Å². The van der Waals surface area contributed by atoms with E-state index in [1.54, 1.807) is 31.2 Å². The van der Waals surface area contributed by atoms with Gasteiger partial charge in [0, 0.05) is 5.56 Å². The normalized spacial score (nSPS) is 10.2. The van der Waals surface area contributed by atoms with Gasteiger partial charge < -0.3 is 14.2 Å². The molecule has 0 aliphatic heterocycles. The molecule has 0 N–H and O–H groups in total. The van der Waals surface area contributed by atoms with Gasteiger partial charge in [0.25, 0.3) is 0 Å². The standard InChI is InChI=1S/C16H15NO4/c1-4-9-21-15-12(7-6-8-14(15)19-3)10-13(11-17)16(18)20-5-2/h1,6-8,10H,5,9H2,2-3H3/b13-10+. The van der Waals surface area contributed by atoms with Gasteiger partial charge in [0.15, 0.2) is 11.5 Å². The second-order valence-electron chi connectivity index (χ2n) is 3.76. The van der Waals surface area contributed by atoms with E-state index >= 15 is 0 Å². The quantitative estimate of drug-likeness (QED) is 0.347. The first-order valence-corrected chi connectivity index (χ1v) is 6.20. The maximum atomic E-state index is 11.6. The summed E-state index contributed by atoms with van der Waals surface area (Å²) in [4.78, 5) is 11.6. The Bertz CT molecular complexity index is 620. The van der Waals surface area contributed by atoms with Gasteiger partial charge in [-0.3, -0.25) is 0 Å². The molecular weight excluding hydrogens is 270 g/mol. The Morgan fingerprint density at radius 2 is 2.24 bits per heavy atom. The molecule has 0 saturated heterocycles. The highest BCUT2D eigenvalue weighted by atomic mass is 16.5. The number of nitriles is 1. The summed E-state index contributed by atoms with van der Waals surface area (Å²) < 4.78 is 15.4. The number of esters is 1. The van der Waals surface area contributed by atoms with Crippen LogP contribution in [0.1, 0.15) is 12.5 Å². The smallest absolute Gasteiger partial charge is 0.348 e. The zero-order valence-electron chi connectivity index (χ0n) is 11.9. The minimum absolute atomic E-state index is 0.0442. The molecule has 108 valence electrons. The van der Waals surface area contributed by atoms with E-state index < -0.39 is 5.97 Å². The first-order chi connectivity index (χ1) is 10.2. The van der Waals surface area contributed by atoms with Crippen molar-refractivity contribution in [2.75, 3.05) is 20.3 Å². The van der Waals surface area contributed by atoms with E-state index in [2.05, 4.69) is 5.92 Å². The molecule has 0 heterocycles. The summed E-state index contributed by atoms with van der Waals surface area (Å²) in [6, 6.07) is 6.90. The van der Waals surface area contributed by atoms with Gasteiger partial charge in [0.1, 0.15) is 18.2 Å². The number of rotatable bonds is 6. The summed E-state index contributed by atoms with van der Waals surface area (Å²) >= 11 is 0. The summed E-state index contributed by atoms with van der Waals surface area (Å²) in [6.45, 7) is 1.90. The predicted molar refractivity (Wildman–Crippen MR) is 77.5 cm³/mol. The number of hydrogen-bond acceptors (Lipinski definition) is 5. The zero-order chi connectivity index (χ0) is 15.7. The molecule has 1 aromatic rings. The monoisotopic (exact) mass is 285 g/mol. The van der Waals surface area contributed by atoms with E-state index in [1.807, 2.05) is 0 Å². The molecule has 21 heavy (non-hydrogen) atoms. The van der Waals surface area contributed by atoms with Crippen molar-refractivity contribution in [1.29, 1.82) is 5.26 Å². The first-order valence-electron chi connectivity index (χ1n) is 6.20. The van der Waals surface area contributed by atoms with Crippen LogP contribution in [-0.2, 0) is 9.53 Å². The van der Waals surface area contributed by atoms with Crippen LogP contribution in [0.4, 0.5) is 0 Å². The zero-order valence-corrected chi connectivity index (χ0v) is 11.9. The van der Waals surface area contributed by atoms with Crippen LogP contribution in [0.3, 0.4) is 0 Å². The van der Waals surface area contributed by atoms with E-state index in [9.17, 15) is 4.79 Å². The lowest BCUT2D eigenvalue weighted by atomic mass is 10.1. The molecule has 0 bridgehead atoms. The lowest BCUT2D eigenvalue weighted by Gasteiger charge is -2.11. The fourth-order valence-corrected chi connectivity index (χ4v) is 1.58. The van der Waals surface area contributed by atoms with Gasteiger partial charge in [-0.05, 0) is 19.1 Å². The van der Waals surface area contributed by atoms with Gasteiger partial charge in [-0.15, -0.1) is 6.42 Å². The molecule has 0 spiro atoms. The van der Waals surface area contributed by atoms with Crippen molar-refractivity contribution in [3.63, 3.8) is 0 Å². The van der Waals surface area contributed by atoms with Gasteiger partial charge in [0.05, 0.1) is 13.7 Å². The van der Waals surface area contributed by atoms with Crippen LogP contribution in [0.5, 0.6) is 11.5 Å². The van der Waals surface area contributed by atoms with Gasteiger partial charge in [0.2, 0.25) is 0 Å². The van der Waals surface area contributed by atoms with Crippen molar-refractivity contribution in [1.82, 2.24) is 0 Å². The number of hydrogen-bond donors (Lipinski definition) is 0. The number of carbonyl (C=O) groups excluding carboxylic acids is 1. The third kappa shape index (κ3) is 4.29. The topological polar surface area (TPSA) is 68.5 Å². The molecule has 1 rings (SSSR count). The fraction of sp³-hybridized carbons (Fsp3) is 0.250. The number of ether oxygens (including phenoxy) is 3. The molecule has 0 aromatic heterocycles. The van der Waals surface area contributed by atoms with Crippen molar-refractivity contribution < 1.29 is 19.0 Å². The molecule has 0 aliphatic carbocycles. The highest BCUT2D eigenvalue weighted by molar-refractivity contribution is 5.98. The average Bonchev–Trinajstić information content (AvgIpc) is 2.50. The molecule has 0 aliphatic rings. The summed E-state index contributed by atoms with van der Waals surface area (Å²) in [5.74, 6) is 2.49. The Morgan fingerprint density at radius 3 is 2.81 bits per heavy atom. The van der Waals surface area contributed by atoms with Gasteiger partial charge in [-0.1, -0.05) is 18.1 Å². The number of nitrogens with zero attached hydrogens (tertiary/aromatic N) is 1. The minimum atomic E-state index is -0.689. The first kappa shape index (κ1) is 16.1. The Kier molecular flexibility index (Phi) is 6.37. The van der Waals surface area contributed by atoms with Crippen LogP contribution in [0, 0.1) is 23.7 Å². The molecule has 0 amide bonds. The van der Waals surface area contributed by atoms with Gasteiger partial charge in [-0.2, -0.15) is 5.26 Å². The minimum Gasteiger partial charge on any atom is -0.493 e. The molecule has 5 nitrogen and oxygen atoms in total. The Balaban J connectivity index is 3.25. The van der Waals surface area contributed by atoms with Crippen LogP contribution in [0.2, 0.25) is 0 Å². The third-order valence-electron chi connectivity index (χ3n) is 2.44. The third-order valence-corrected chi connectivity index (χ3v) is 2.44. The predicted octanol–water partition coefficient (Wildman–Crippen LogP) is 2.18. The molecular formula is C16H15NO4. The lowest BCUT2D eigenvalue weighted by molar-refractivity contribution is -0.137. The summed E-state index contributed by atoms with van der Waals surface area (Å²) in [5.41, 5.74) is 0.380. The maximum Gasteiger partial charge on any atom is 0.348 e. The summed E-state index contributed by atoms with van der Waals surface area (Å²) in [6.07, 6.45) is 6.56. The van der Waals surface area contributed by atoms with Crippen molar-refractivity contribution in [3.8, 4) is 29.9 Å². The summed E-state index contributed by atoms with van der Waals surface area (Å²) in [5, 5.41) is 9.05. The van der Waals surface area contributed by atoms with E-state index in [4.69, 9.17) is 25.9 Å². The maximum absolute atomic E-state index is 11.6. The molecule has 5 heteroatoms. The van der Waals surface area contributed by atoms with Gasteiger partial charge in [-0.25, -0.2) is 4.79 Å². The van der Waals surface area contributed by atoms with Crippen LogP contribution in [-0.4, -0.2) is 26.3 Å². The van der Waals surface area contributed by atoms with Crippen molar-refractivity contribution in [3.05, 3.63) is 29.3 Å². The van der Waals surface area contributed by atoms with E-state index in [0.29, 0.717) is 17.1 Å². The number of carbonyl (C=O) groups is 1. The average molecular weight is 285 g/mol. The Morgan fingerprint density at radius 1 is 1.48 bits per heavy atom. The largest absolute Gasteiger partial charge is 0.493 e. The molecule has 1 aromatic carbocycles. The Hall–Kier alpha value is -2.92. The number of para-hydroxylation sites is 1. The fourth-order valence-electron chi connectivity index (χ4n) is 1.58. The SMILES string of the molecule is C#CCOc1c(/C=C(\C#N)C(=O)OCC)cccc1OC. The van der Waals surface area contributed by atoms with Crippen LogP contribution < -0.4 is 9.47 Å². The highest BCUT2D eigenvalue weighted by Crippen LogP contribution is 2.32.